The van der Waals surface area contributed by atoms with E-state index in [1.54, 1.807) is 32.0 Å². The number of hydrogen-bond donors (Lipinski definition) is 1. The zero-order valence-corrected chi connectivity index (χ0v) is 18.0. The van der Waals surface area contributed by atoms with E-state index in [2.05, 4.69) is 5.32 Å². The Morgan fingerprint density at radius 3 is 2.50 bits per heavy atom. The van der Waals surface area contributed by atoms with Gasteiger partial charge >= 0.3 is 5.97 Å². The van der Waals surface area contributed by atoms with Gasteiger partial charge in [-0.1, -0.05) is 18.2 Å². The number of sulfonamides is 1. The zero-order valence-electron chi connectivity index (χ0n) is 17.1. The van der Waals surface area contributed by atoms with Crippen molar-refractivity contribution in [2.24, 2.45) is 0 Å². The lowest BCUT2D eigenvalue weighted by atomic mass is 10.1. The second-order valence-electron chi connectivity index (χ2n) is 6.69. The Morgan fingerprint density at radius 1 is 1.17 bits per heavy atom. The maximum absolute atomic E-state index is 14.0. The quantitative estimate of drug-likeness (QED) is 0.608. The van der Waals surface area contributed by atoms with Gasteiger partial charge in [0.1, 0.15) is 5.82 Å². The Bertz CT molecular complexity index is 1020. The minimum Gasteiger partial charge on any atom is -0.462 e. The Balaban J connectivity index is 2.03. The molecule has 7 nitrogen and oxygen atoms in total. The highest BCUT2D eigenvalue weighted by molar-refractivity contribution is 7.92. The van der Waals surface area contributed by atoms with Crippen LogP contribution in [0.15, 0.2) is 42.5 Å². The van der Waals surface area contributed by atoms with E-state index in [4.69, 9.17) is 4.74 Å². The molecule has 0 aromatic heterocycles. The normalized spacial score (nSPS) is 11.1. The maximum Gasteiger partial charge on any atom is 0.338 e. The number of esters is 1. The number of ether oxygens (including phenoxy) is 1. The van der Waals surface area contributed by atoms with Gasteiger partial charge in [-0.05, 0) is 50.1 Å². The SMILES string of the molecule is CCOC(=O)c1ccc(C)c(NC(=O)CCCN(c2ccccc2F)S(C)(=O)=O)c1. The fourth-order valence-corrected chi connectivity index (χ4v) is 3.78. The van der Waals surface area contributed by atoms with E-state index >= 15 is 0 Å². The molecule has 0 radical (unpaired) electrons. The van der Waals surface area contributed by atoms with Crippen molar-refractivity contribution in [3.05, 3.63) is 59.4 Å². The van der Waals surface area contributed by atoms with Gasteiger partial charge in [-0.25, -0.2) is 17.6 Å². The predicted molar refractivity (Wildman–Crippen MR) is 114 cm³/mol. The average Bonchev–Trinajstić information content (AvgIpc) is 2.67. The molecular weight excluding hydrogens is 411 g/mol. The highest BCUT2D eigenvalue weighted by atomic mass is 32.2. The minimum atomic E-state index is -3.71. The van der Waals surface area contributed by atoms with Crippen LogP contribution in [0.2, 0.25) is 0 Å². The van der Waals surface area contributed by atoms with Gasteiger partial charge in [0, 0.05) is 18.7 Å². The summed E-state index contributed by atoms with van der Waals surface area (Å²) in [4.78, 5) is 24.2. The van der Waals surface area contributed by atoms with Crippen LogP contribution in [-0.2, 0) is 19.6 Å². The first-order chi connectivity index (χ1) is 14.1. The Morgan fingerprint density at radius 2 is 1.87 bits per heavy atom. The molecule has 30 heavy (non-hydrogen) atoms. The van der Waals surface area contributed by atoms with Crippen molar-refractivity contribution in [3.8, 4) is 0 Å². The van der Waals surface area contributed by atoms with Crippen LogP contribution in [-0.4, -0.2) is 39.7 Å². The van der Waals surface area contributed by atoms with Gasteiger partial charge < -0.3 is 10.1 Å². The average molecular weight is 437 g/mol. The van der Waals surface area contributed by atoms with Crippen LogP contribution in [0.3, 0.4) is 0 Å². The van der Waals surface area contributed by atoms with Crippen LogP contribution < -0.4 is 9.62 Å². The molecule has 1 N–H and O–H groups in total. The summed E-state index contributed by atoms with van der Waals surface area (Å²) in [6, 6.07) is 10.4. The van der Waals surface area contributed by atoms with Crippen LogP contribution in [0.1, 0.15) is 35.7 Å². The van der Waals surface area contributed by atoms with Crippen LogP contribution in [0.25, 0.3) is 0 Å². The van der Waals surface area contributed by atoms with Crippen molar-refractivity contribution in [2.75, 3.05) is 29.0 Å². The fourth-order valence-electron chi connectivity index (χ4n) is 2.81. The smallest absolute Gasteiger partial charge is 0.338 e. The fraction of sp³-hybridized carbons (Fsp3) is 0.333. The van der Waals surface area contributed by atoms with Gasteiger partial charge in [0.15, 0.2) is 0 Å². The standard InChI is InChI=1S/C21H25FN2O5S/c1-4-29-21(26)16-12-11-15(2)18(14-16)23-20(25)10-7-13-24(30(3,27)28)19-9-6-5-8-17(19)22/h5-6,8-9,11-12,14H,4,7,10,13H2,1-3H3,(H,23,25). The Labute approximate surface area is 175 Å². The molecule has 2 aromatic rings. The maximum atomic E-state index is 14.0. The Hall–Kier alpha value is -2.94. The van der Waals surface area contributed by atoms with E-state index in [1.165, 1.54) is 24.3 Å². The molecule has 0 aliphatic rings. The van der Waals surface area contributed by atoms with Gasteiger partial charge in [-0.3, -0.25) is 9.10 Å². The predicted octanol–water partition coefficient (Wildman–Crippen LogP) is 3.50. The number of hydrogen-bond acceptors (Lipinski definition) is 5. The minimum absolute atomic E-state index is 0.0174. The van der Waals surface area contributed by atoms with E-state index in [9.17, 15) is 22.4 Å². The highest BCUT2D eigenvalue weighted by Crippen LogP contribution is 2.22. The lowest BCUT2D eigenvalue weighted by molar-refractivity contribution is -0.116. The van der Waals surface area contributed by atoms with Gasteiger partial charge in [-0.15, -0.1) is 0 Å². The van der Waals surface area contributed by atoms with Crippen LogP contribution >= 0.6 is 0 Å². The molecule has 0 saturated carbocycles. The summed E-state index contributed by atoms with van der Waals surface area (Å²) in [5.41, 5.74) is 1.50. The number of benzene rings is 2. The van der Waals surface area contributed by atoms with E-state index in [1.807, 2.05) is 0 Å². The summed E-state index contributed by atoms with van der Waals surface area (Å²) in [5.74, 6) is -1.48. The molecule has 0 unspecified atom stereocenters. The number of rotatable bonds is 9. The van der Waals surface area contributed by atoms with Crippen molar-refractivity contribution < 1.29 is 27.1 Å². The third kappa shape index (κ3) is 6.28. The number of anilines is 2. The van der Waals surface area contributed by atoms with E-state index < -0.39 is 21.8 Å². The molecule has 2 aromatic carbocycles. The number of aryl methyl sites for hydroxylation is 1. The molecule has 0 fully saturated rings. The third-order valence-corrected chi connectivity index (χ3v) is 5.49. The van der Waals surface area contributed by atoms with Gasteiger partial charge in [0.2, 0.25) is 15.9 Å². The molecule has 0 saturated heterocycles. The first kappa shape index (κ1) is 23.3. The molecule has 162 valence electrons. The zero-order chi connectivity index (χ0) is 22.3. The second kappa shape index (κ2) is 10.2. The first-order valence-electron chi connectivity index (χ1n) is 9.43. The number of carbonyl (C=O) groups is 2. The summed E-state index contributed by atoms with van der Waals surface area (Å²) in [7, 11) is -3.71. The molecule has 0 bridgehead atoms. The second-order valence-corrected chi connectivity index (χ2v) is 8.60. The third-order valence-electron chi connectivity index (χ3n) is 4.31. The van der Waals surface area contributed by atoms with Crippen LogP contribution in [0.4, 0.5) is 15.8 Å². The summed E-state index contributed by atoms with van der Waals surface area (Å²) < 4.78 is 44.1. The summed E-state index contributed by atoms with van der Waals surface area (Å²) in [5, 5.41) is 2.72. The summed E-state index contributed by atoms with van der Waals surface area (Å²) >= 11 is 0. The van der Waals surface area contributed by atoms with Gasteiger partial charge in [0.25, 0.3) is 0 Å². The molecule has 0 aliphatic carbocycles. The number of para-hydroxylation sites is 1. The Kier molecular flexibility index (Phi) is 7.93. The largest absolute Gasteiger partial charge is 0.462 e. The highest BCUT2D eigenvalue weighted by Gasteiger charge is 2.20. The van der Waals surface area contributed by atoms with E-state index in [0.717, 1.165) is 16.1 Å². The van der Waals surface area contributed by atoms with Crippen molar-refractivity contribution in [2.45, 2.75) is 26.7 Å². The number of nitrogens with zero attached hydrogens (tertiary/aromatic N) is 1. The molecule has 0 aliphatic heterocycles. The first-order valence-corrected chi connectivity index (χ1v) is 11.3. The molecule has 9 heteroatoms. The van der Waals surface area contributed by atoms with Crippen molar-refractivity contribution in [3.63, 3.8) is 0 Å². The topological polar surface area (TPSA) is 92.8 Å². The van der Waals surface area contributed by atoms with Crippen molar-refractivity contribution >= 4 is 33.3 Å². The van der Waals surface area contributed by atoms with E-state index in [-0.39, 0.29) is 37.6 Å². The van der Waals surface area contributed by atoms with Crippen molar-refractivity contribution in [1.82, 2.24) is 0 Å². The molecule has 1 amide bonds. The molecule has 0 atom stereocenters. The van der Waals surface area contributed by atoms with Crippen LogP contribution in [0, 0.1) is 12.7 Å². The monoisotopic (exact) mass is 436 g/mol. The molecule has 0 spiro atoms. The summed E-state index contributed by atoms with van der Waals surface area (Å²) in [6.07, 6.45) is 1.19. The van der Waals surface area contributed by atoms with Gasteiger partial charge in [0.05, 0.1) is 24.1 Å². The number of halogens is 1. The number of nitrogens with one attached hydrogen (secondary N) is 1. The number of carbonyl (C=O) groups excluding carboxylic acids is 2. The van der Waals surface area contributed by atoms with E-state index in [0.29, 0.717) is 11.3 Å². The lowest BCUT2D eigenvalue weighted by Gasteiger charge is -2.22. The molecule has 2 rings (SSSR count). The number of amides is 1. The molecule has 0 heterocycles. The lowest BCUT2D eigenvalue weighted by Crippen LogP contribution is -2.32. The van der Waals surface area contributed by atoms with Crippen molar-refractivity contribution in [1.29, 1.82) is 0 Å². The molecular formula is C21H25FN2O5S. The van der Waals surface area contributed by atoms with Crippen LogP contribution in [0.5, 0.6) is 0 Å². The van der Waals surface area contributed by atoms with Gasteiger partial charge in [-0.2, -0.15) is 0 Å². The summed E-state index contributed by atoms with van der Waals surface area (Å²) in [6.45, 7) is 3.69.